The number of nitrogens with zero attached hydrogens (tertiary/aromatic N) is 3. The van der Waals surface area contributed by atoms with Crippen LogP contribution in [0, 0.1) is 13.8 Å². The van der Waals surface area contributed by atoms with E-state index in [4.69, 9.17) is 14.5 Å². The van der Waals surface area contributed by atoms with E-state index in [1.807, 2.05) is 12.1 Å². The summed E-state index contributed by atoms with van der Waals surface area (Å²) in [5, 5.41) is 0.658. The van der Waals surface area contributed by atoms with E-state index >= 15 is 0 Å². The minimum Gasteiger partial charge on any atom is -0.454 e. The van der Waals surface area contributed by atoms with Gasteiger partial charge in [-0.1, -0.05) is 23.5 Å². The van der Waals surface area contributed by atoms with Crippen LogP contribution in [-0.4, -0.2) is 22.7 Å². The molecule has 0 bridgehead atoms. The molecule has 3 heterocycles. The van der Waals surface area contributed by atoms with E-state index in [0.717, 1.165) is 26.9 Å². The second-order valence-electron chi connectivity index (χ2n) is 7.25. The summed E-state index contributed by atoms with van der Waals surface area (Å²) < 4.78 is 11.9. The molecule has 6 nitrogen and oxygen atoms in total. The highest BCUT2D eigenvalue weighted by atomic mass is 32.1. The minimum atomic E-state index is -0.148. The molecule has 0 N–H and O–H groups in total. The molecule has 2 aromatic carbocycles. The molecule has 30 heavy (non-hydrogen) atoms. The molecule has 1 aliphatic rings. The third-order valence-electron chi connectivity index (χ3n) is 4.97. The number of thiazole rings is 1. The first-order valence-electron chi connectivity index (χ1n) is 9.57. The smallest absolute Gasteiger partial charge is 0.260 e. The Morgan fingerprint density at radius 2 is 2.00 bits per heavy atom. The SMILES string of the molecule is Cc1cc(C)c2sc(N(Cc3cccnc3)C(=O)c3ccc4c(c3)OCO4)nc2c1. The summed E-state index contributed by atoms with van der Waals surface area (Å²) >= 11 is 1.53. The summed E-state index contributed by atoms with van der Waals surface area (Å²) in [6, 6.07) is 13.3. The molecule has 0 fully saturated rings. The van der Waals surface area contributed by atoms with E-state index in [2.05, 4.69) is 31.0 Å². The van der Waals surface area contributed by atoms with Gasteiger partial charge in [0.15, 0.2) is 16.6 Å². The number of ether oxygens (including phenoxy) is 2. The van der Waals surface area contributed by atoms with Gasteiger partial charge in [0, 0.05) is 18.0 Å². The van der Waals surface area contributed by atoms with Gasteiger partial charge in [-0.05, 0) is 60.9 Å². The predicted octanol–water partition coefficient (Wildman–Crippen LogP) is 4.88. The molecule has 7 heteroatoms. The largest absolute Gasteiger partial charge is 0.454 e. The third-order valence-corrected chi connectivity index (χ3v) is 6.20. The number of pyridine rings is 1. The maximum absolute atomic E-state index is 13.6. The minimum absolute atomic E-state index is 0.148. The molecule has 0 spiro atoms. The lowest BCUT2D eigenvalue weighted by Gasteiger charge is -2.20. The molecule has 0 atom stereocenters. The van der Waals surface area contributed by atoms with Crippen LogP contribution in [-0.2, 0) is 6.54 Å². The third kappa shape index (κ3) is 3.37. The van der Waals surface area contributed by atoms with Crippen molar-refractivity contribution in [2.24, 2.45) is 0 Å². The van der Waals surface area contributed by atoms with Crippen LogP contribution in [0.1, 0.15) is 27.0 Å². The maximum atomic E-state index is 13.6. The van der Waals surface area contributed by atoms with Gasteiger partial charge >= 0.3 is 0 Å². The fourth-order valence-electron chi connectivity index (χ4n) is 3.57. The van der Waals surface area contributed by atoms with E-state index in [1.54, 1.807) is 35.5 Å². The quantitative estimate of drug-likeness (QED) is 0.473. The van der Waals surface area contributed by atoms with Gasteiger partial charge in [-0.25, -0.2) is 4.98 Å². The zero-order valence-electron chi connectivity index (χ0n) is 16.6. The van der Waals surface area contributed by atoms with E-state index in [0.29, 0.717) is 28.7 Å². The highest BCUT2D eigenvalue weighted by molar-refractivity contribution is 7.22. The van der Waals surface area contributed by atoms with E-state index in [-0.39, 0.29) is 12.7 Å². The lowest BCUT2D eigenvalue weighted by Crippen LogP contribution is -2.30. The molecule has 1 amide bonds. The van der Waals surface area contributed by atoms with Crippen molar-refractivity contribution in [1.82, 2.24) is 9.97 Å². The molecule has 5 rings (SSSR count). The lowest BCUT2D eigenvalue weighted by molar-refractivity contribution is 0.0984. The van der Waals surface area contributed by atoms with Crippen LogP contribution in [0.4, 0.5) is 5.13 Å². The number of hydrogen-bond donors (Lipinski definition) is 0. The van der Waals surface area contributed by atoms with Crippen LogP contribution in [0.15, 0.2) is 54.9 Å². The fourth-order valence-corrected chi connectivity index (χ4v) is 4.58. The molecule has 0 radical (unpaired) electrons. The van der Waals surface area contributed by atoms with Crippen LogP contribution in [0.2, 0.25) is 0 Å². The number of benzene rings is 2. The highest BCUT2D eigenvalue weighted by Crippen LogP contribution is 2.36. The van der Waals surface area contributed by atoms with Crippen LogP contribution in [0.3, 0.4) is 0 Å². The van der Waals surface area contributed by atoms with Gasteiger partial charge in [0.1, 0.15) is 0 Å². The van der Waals surface area contributed by atoms with Crippen LogP contribution < -0.4 is 14.4 Å². The van der Waals surface area contributed by atoms with E-state index in [9.17, 15) is 4.79 Å². The maximum Gasteiger partial charge on any atom is 0.260 e. The van der Waals surface area contributed by atoms with Crippen LogP contribution in [0.25, 0.3) is 10.2 Å². The van der Waals surface area contributed by atoms with Gasteiger partial charge in [0.2, 0.25) is 6.79 Å². The number of carbonyl (C=O) groups is 1. The lowest BCUT2D eigenvalue weighted by atomic mass is 10.1. The van der Waals surface area contributed by atoms with Gasteiger partial charge < -0.3 is 9.47 Å². The summed E-state index contributed by atoms with van der Waals surface area (Å²) in [4.78, 5) is 24.2. The first kappa shape index (κ1) is 18.6. The average Bonchev–Trinajstić information content (AvgIpc) is 3.38. The number of rotatable bonds is 4. The van der Waals surface area contributed by atoms with Gasteiger partial charge in [0.25, 0.3) is 5.91 Å². The second-order valence-corrected chi connectivity index (χ2v) is 8.22. The fraction of sp³-hybridized carbons (Fsp3) is 0.174. The van der Waals surface area contributed by atoms with Crippen LogP contribution in [0.5, 0.6) is 11.5 Å². The Morgan fingerprint density at radius 3 is 2.83 bits per heavy atom. The summed E-state index contributed by atoms with van der Waals surface area (Å²) in [6.07, 6.45) is 3.49. The highest BCUT2D eigenvalue weighted by Gasteiger charge is 2.24. The van der Waals surface area contributed by atoms with Crippen molar-refractivity contribution in [3.05, 3.63) is 77.1 Å². The van der Waals surface area contributed by atoms with Crippen molar-refractivity contribution in [3.8, 4) is 11.5 Å². The number of aryl methyl sites for hydroxylation is 2. The molecular weight excluding hydrogens is 398 g/mol. The molecule has 0 unspecified atom stereocenters. The topological polar surface area (TPSA) is 64.6 Å². The standard InChI is InChI=1S/C23H19N3O3S/c1-14-8-15(2)21-18(9-14)25-23(30-21)26(12-16-4-3-7-24-11-16)22(27)17-5-6-19-20(10-17)29-13-28-19/h3-11H,12-13H2,1-2H3. The molecule has 1 aliphatic heterocycles. The average molecular weight is 417 g/mol. The summed E-state index contributed by atoms with van der Waals surface area (Å²) in [7, 11) is 0. The molecule has 4 aromatic rings. The number of anilines is 1. The molecule has 0 saturated carbocycles. The van der Waals surface area contributed by atoms with Gasteiger partial charge in [-0.3, -0.25) is 14.7 Å². The molecular formula is C23H19N3O3S. The first-order chi connectivity index (χ1) is 14.6. The predicted molar refractivity (Wildman–Crippen MR) is 116 cm³/mol. The van der Waals surface area contributed by atoms with Crippen molar-refractivity contribution in [2.75, 3.05) is 11.7 Å². The van der Waals surface area contributed by atoms with Gasteiger partial charge in [0.05, 0.1) is 16.8 Å². The number of hydrogen-bond acceptors (Lipinski definition) is 6. The second kappa shape index (κ2) is 7.42. The Morgan fingerprint density at radius 1 is 1.13 bits per heavy atom. The number of fused-ring (bicyclic) bond motifs is 2. The van der Waals surface area contributed by atoms with Crippen molar-refractivity contribution in [3.63, 3.8) is 0 Å². The van der Waals surface area contributed by atoms with E-state index in [1.165, 1.54) is 11.3 Å². The summed E-state index contributed by atoms with van der Waals surface area (Å²) in [5.41, 5.74) is 4.67. The van der Waals surface area contributed by atoms with Crippen molar-refractivity contribution < 1.29 is 14.3 Å². The zero-order chi connectivity index (χ0) is 20.7. The molecule has 0 saturated heterocycles. The first-order valence-corrected chi connectivity index (χ1v) is 10.4. The Balaban J connectivity index is 1.58. The van der Waals surface area contributed by atoms with Gasteiger partial charge in [-0.2, -0.15) is 0 Å². The van der Waals surface area contributed by atoms with Crippen molar-refractivity contribution in [2.45, 2.75) is 20.4 Å². The normalized spacial score (nSPS) is 12.3. The van der Waals surface area contributed by atoms with Gasteiger partial charge in [-0.15, -0.1) is 0 Å². The molecule has 2 aromatic heterocycles. The Bertz CT molecular complexity index is 1250. The molecule has 150 valence electrons. The van der Waals surface area contributed by atoms with Crippen LogP contribution >= 0.6 is 11.3 Å². The number of aromatic nitrogens is 2. The molecule has 0 aliphatic carbocycles. The summed E-state index contributed by atoms with van der Waals surface area (Å²) in [6.45, 7) is 4.67. The Hall–Kier alpha value is -3.45. The number of carbonyl (C=O) groups excluding carboxylic acids is 1. The zero-order valence-corrected chi connectivity index (χ0v) is 17.4. The van der Waals surface area contributed by atoms with E-state index < -0.39 is 0 Å². The Kier molecular flexibility index (Phi) is 4.59. The monoisotopic (exact) mass is 417 g/mol. The van der Waals surface area contributed by atoms with Crippen molar-refractivity contribution >= 4 is 32.6 Å². The van der Waals surface area contributed by atoms with Crippen molar-refractivity contribution in [1.29, 1.82) is 0 Å². The number of amides is 1. The Labute approximate surface area is 177 Å². The summed E-state index contributed by atoms with van der Waals surface area (Å²) in [5.74, 6) is 1.08.